The van der Waals surface area contributed by atoms with Gasteiger partial charge in [-0.1, -0.05) is 22.0 Å². The molecule has 0 bridgehead atoms. The first-order valence-corrected chi connectivity index (χ1v) is 10.5. The molecule has 1 fully saturated rings. The van der Waals surface area contributed by atoms with Gasteiger partial charge in [0.15, 0.2) is 5.96 Å². The molecule has 1 aromatic carbocycles. The average molecular weight is 572 g/mol. The third-order valence-electron chi connectivity index (χ3n) is 4.59. The molecule has 0 spiro atoms. The maximum atomic E-state index is 13.9. The third kappa shape index (κ3) is 8.92. The van der Waals surface area contributed by atoms with Crippen LogP contribution in [0.3, 0.4) is 0 Å². The molecule has 1 atom stereocenters. The molecule has 0 radical (unpaired) electrons. The second-order valence-corrected chi connectivity index (χ2v) is 7.66. The van der Waals surface area contributed by atoms with Crippen LogP contribution >= 0.6 is 39.9 Å². The third-order valence-corrected chi connectivity index (χ3v) is 5.08. The van der Waals surface area contributed by atoms with Gasteiger partial charge in [-0.05, 0) is 43.9 Å². The van der Waals surface area contributed by atoms with Crippen molar-refractivity contribution < 1.29 is 13.9 Å². The normalized spacial score (nSPS) is 16.9. The number of guanidine groups is 1. The van der Waals surface area contributed by atoms with Gasteiger partial charge in [-0.3, -0.25) is 4.99 Å². The van der Waals surface area contributed by atoms with Crippen LogP contribution in [0.5, 0.6) is 0 Å². The number of methoxy groups -OCH3 is 1. The van der Waals surface area contributed by atoms with Crippen LogP contribution in [0.25, 0.3) is 0 Å². The Morgan fingerprint density at radius 3 is 2.93 bits per heavy atom. The van der Waals surface area contributed by atoms with Crippen LogP contribution in [-0.4, -0.2) is 64.0 Å². The fourth-order valence-corrected chi connectivity index (χ4v) is 3.49. The molecule has 0 aliphatic carbocycles. The minimum atomic E-state index is -0.156. The van der Waals surface area contributed by atoms with Crippen molar-refractivity contribution in [3.63, 3.8) is 0 Å². The van der Waals surface area contributed by atoms with Gasteiger partial charge >= 0.3 is 0 Å². The van der Waals surface area contributed by atoms with Crippen LogP contribution in [0.15, 0.2) is 27.7 Å². The van der Waals surface area contributed by atoms with Crippen molar-refractivity contribution in [3.05, 3.63) is 34.1 Å². The fraction of sp³-hybridized carbons (Fsp3) is 0.650. The first-order valence-electron chi connectivity index (χ1n) is 9.68. The lowest BCUT2D eigenvalue weighted by atomic mass is 10.1. The Labute approximate surface area is 193 Å². The predicted molar refractivity (Wildman–Crippen MR) is 126 cm³/mol. The lowest BCUT2D eigenvalue weighted by Gasteiger charge is -2.21. The minimum Gasteiger partial charge on any atom is -0.382 e. The van der Waals surface area contributed by atoms with Crippen LogP contribution in [0.4, 0.5) is 4.39 Å². The highest BCUT2D eigenvalue weighted by Gasteiger charge is 2.24. The standard InChI is InChI=1S/C20H31BrFN3O2.HI/c1-3-23-20(25-10-8-16(14-25)15-27-12-11-26-2)24-9-4-5-17-6-7-18(21)13-19(17)22;/h6-7,13,16H,3-5,8-12,14-15H2,1-2H3,(H,23,24);1H. The maximum absolute atomic E-state index is 13.9. The molecule has 1 aliphatic rings. The number of rotatable bonds is 10. The molecule has 1 N–H and O–H groups in total. The van der Waals surface area contributed by atoms with E-state index in [1.54, 1.807) is 7.11 Å². The predicted octanol–water partition coefficient (Wildman–Crippen LogP) is 4.09. The van der Waals surface area contributed by atoms with Crippen molar-refractivity contribution in [1.82, 2.24) is 10.2 Å². The van der Waals surface area contributed by atoms with Crippen LogP contribution in [0, 0.1) is 11.7 Å². The average Bonchev–Trinajstić information content (AvgIpc) is 3.11. The zero-order chi connectivity index (χ0) is 19.5. The zero-order valence-electron chi connectivity index (χ0n) is 16.8. The molecule has 28 heavy (non-hydrogen) atoms. The summed E-state index contributed by atoms with van der Waals surface area (Å²) in [4.78, 5) is 7.04. The van der Waals surface area contributed by atoms with E-state index in [1.807, 2.05) is 12.1 Å². The summed E-state index contributed by atoms with van der Waals surface area (Å²) < 4.78 is 25.3. The fourth-order valence-electron chi connectivity index (χ4n) is 3.16. The molecule has 8 heteroatoms. The Hall–Kier alpha value is -0.450. The molecule has 0 aromatic heterocycles. The van der Waals surface area contributed by atoms with E-state index in [4.69, 9.17) is 14.5 Å². The van der Waals surface area contributed by atoms with Gasteiger partial charge < -0.3 is 19.7 Å². The molecular weight excluding hydrogens is 540 g/mol. The second kappa shape index (κ2) is 14.5. The summed E-state index contributed by atoms with van der Waals surface area (Å²) in [6, 6.07) is 5.23. The highest BCUT2D eigenvalue weighted by molar-refractivity contribution is 14.0. The summed E-state index contributed by atoms with van der Waals surface area (Å²) >= 11 is 3.29. The van der Waals surface area contributed by atoms with Gasteiger partial charge in [0.1, 0.15) is 5.82 Å². The van der Waals surface area contributed by atoms with E-state index in [0.717, 1.165) is 55.1 Å². The Morgan fingerprint density at radius 2 is 2.21 bits per heavy atom. The number of halogens is 3. The summed E-state index contributed by atoms with van der Waals surface area (Å²) in [5, 5.41) is 3.37. The lowest BCUT2D eigenvalue weighted by Crippen LogP contribution is -2.40. The number of nitrogens with one attached hydrogen (secondary N) is 1. The monoisotopic (exact) mass is 571 g/mol. The highest BCUT2D eigenvalue weighted by Crippen LogP contribution is 2.18. The van der Waals surface area contributed by atoms with Crippen molar-refractivity contribution in [2.75, 3.05) is 53.1 Å². The van der Waals surface area contributed by atoms with Crippen LogP contribution in [0.2, 0.25) is 0 Å². The first-order chi connectivity index (χ1) is 13.1. The number of hydrogen-bond acceptors (Lipinski definition) is 3. The molecule has 1 unspecified atom stereocenters. The van der Waals surface area contributed by atoms with Crippen molar-refractivity contribution >= 4 is 45.9 Å². The number of ether oxygens (including phenoxy) is 2. The summed E-state index contributed by atoms with van der Waals surface area (Å²) in [7, 11) is 1.69. The summed E-state index contributed by atoms with van der Waals surface area (Å²) in [6.07, 6.45) is 2.63. The number of aryl methyl sites for hydroxylation is 1. The molecule has 1 aliphatic heterocycles. The van der Waals surface area contributed by atoms with E-state index in [2.05, 4.69) is 33.1 Å². The molecule has 5 nitrogen and oxygen atoms in total. The summed E-state index contributed by atoms with van der Waals surface area (Å²) in [5.74, 6) is 1.33. The Balaban J connectivity index is 0.00000392. The quantitative estimate of drug-likeness (QED) is 0.199. The van der Waals surface area contributed by atoms with E-state index in [0.29, 0.717) is 32.1 Å². The van der Waals surface area contributed by atoms with Crippen LogP contribution < -0.4 is 5.32 Å². The van der Waals surface area contributed by atoms with Gasteiger partial charge in [-0.25, -0.2) is 4.39 Å². The smallest absolute Gasteiger partial charge is 0.193 e. The molecule has 1 heterocycles. The van der Waals surface area contributed by atoms with E-state index >= 15 is 0 Å². The van der Waals surface area contributed by atoms with Crippen molar-refractivity contribution in [3.8, 4) is 0 Å². The largest absolute Gasteiger partial charge is 0.382 e. The van der Waals surface area contributed by atoms with Gasteiger partial charge in [-0.2, -0.15) is 0 Å². The number of aliphatic imine (C=N–C) groups is 1. The molecule has 1 aromatic rings. The lowest BCUT2D eigenvalue weighted by molar-refractivity contribution is 0.0536. The van der Waals surface area contributed by atoms with Gasteiger partial charge in [0.05, 0.1) is 19.8 Å². The molecule has 0 amide bonds. The number of benzene rings is 1. The Kier molecular flexibility index (Phi) is 13.3. The maximum Gasteiger partial charge on any atom is 0.193 e. The number of nitrogens with zero attached hydrogens (tertiary/aromatic N) is 2. The van der Waals surface area contributed by atoms with Gasteiger partial charge in [0, 0.05) is 43.7 Å². The van der Waals surface area contributed by atoms with Crippen molar-refractivity contribution in [2.24, 2.45) is 10.9 Å². The Morgan fingerprint density at radius 1 is 1.39 bits per heavy atom. The van der Waals surface area contributed by atoms with Gasteiger partial charge in [-0.15, -0.1) is 24.0 Å². The Bertz CT molecular complexity index is 607. The van der Waals surface area contributed by atoms with E-state index in [9.17, 15) is 4.39 Å². The van der Waals surface area contributed by atoms with E-state index in [1.165, 1.54) is 6.07 Å². The SMILES string of the molecule is CCNC(=NCCCc1ccc(Br)cc1F)N1CCC(COCCOC)C1.I. The molecule has 2 rings (SSSR count). The molecule has 1 saturated heterocycles. The first kappa shape index (κ1) is 25.6. The molecule has 160 valence electrons. The number of hydrogen-bond donors (Lipinski definition) is 1. The number of likely N-dealkylation sites (tertiary alicyclic amines) is 1. The molecule has 0 saturated carbocycles. The van der Waals surface area contributed by atoms with Gasteiger partial charge in [0.2, 0.25) is 0 Å². The van der Waals surface area contributed by atoms with Crippen LogP contribution in [0.1, 0.15) is 25.3 Å². The summed E-state index contributed by atoms with van der Waals surface area (Å²) in [6.45, 7) is 7.60. The van der Waals surface area contributed by atoms with Crippen molar-refractivity contribution in [2.45, 2.75) is 26.2 Å². The highest BCUT2D eigenvalue weighted by atomic mass is 127. The van der Waals surface area contributed by atoms with Crippen molar-refractivity contribution in [1.29, 1.82) is 0 Å². The topological polar surface area (TPSA) is 46.1 Å². The second-order valence-electron chi connectivity index (χ2n) is 6.74. The molecular formula is C20H32BrFIN3O2. The van der Waals surface area contributed by atoms with Crippen LogP contribution in [-0.2, 0) is 15.9 Å². The van der Waals surface area contributed by atoms with Gasteiger partial charge in [0.25, 0.3) is 0 Å². The van der Waals surface area contributed by atoms with E-state index < -0.39 is 0 Å². The van der Waals surface area contributed by atoms with E-state index in [-0.39, 0.29) is 29.8 Å². The zero-order valence-corrected chi connectivity index (χ0v) is 20.7. The minimum absolute atomic E-state index is 0. The summed E-state index contributed by atoms with van der Waals surface area (Å²) in [5.41, 5.74) is 0.743.